The van der Waals surface area contributed by atoms with E-state index in [1.807, 2.05) is 0 Å². The van der Waals surface area contributed by atoms with Crippen LogP contribution in [-0.4, -0.2) is 42.6 Å². The van der Waals surface area contributed by atoms with Gasteiger partial charge >= 0.3 is 0 Å². The van der Waals surface area contributed by atoms with Crippen molar-refractivity contribution in [2.45, 2.75) is 32.7 Å². The van der Waals surface area contributed by atoms with Gasteiger partial charge in [0.1, 0.15) is 0 Å². The molecule has 0 aromatic rings. The number of ether oxygens (including phenoxy) is 1. The van der Waals surface area contributed by atoms with Gasteiger partial charge in [-0.05, 0) is 32.6 Å². The molecule has 1 aliphatic heterocycles. The van der Waals surface area contributed by atoms with Gasteiger partial charge in [-0.15, -0.1) is 0 Å². The highest BCUT2D eigenvalue weighted by atomic mass is 79.9. The molecule has 0 bridgehead atoms. The number of halogens is 1. The third kappa shape index (κ3) is 4.28. The highest BCUT2D eigenvalue weighted by molar-refractivity contribution is 9.09. The molecule has 0 aromatic heterocycles. The Morgan fingerprint density at radius 3 is 2.50 bits per heavy atom. The van der Waals surface area contributed by atoms with Crippen LogP contribution in [0.25, 0.3) is 0 Å². The molecule has 0 N–H and O–H groups in total. The molecule has 84 valence electrons. The number of hydrogen-bond acceptors (Lipinski definition) is 2. The van der Waals surface area contributed by atoms with Crippen molar-refractivity contribution < 1.29 is 4.74 Å². The fourth-order valence-electron chi connectivity index (χ4n) is 1.93. The number of rotatable bonds is 5. The molecule has 1 aliphatic rings. The van der Waals surface area contributed by atoms with E-state index in [0.29, 0.717) is 6.04 Å². The van der Waals surface area contributed by atoms with Crippen LogP contribution in [0.1, 0.15) is 26.7 Å². The summed E-state index contributed by atoms with van der Waals surface area (Å²) < 4.78 is 5.37. The zero-order valence-electron chi connectivity index (χ0n) is 9.34. The van der Waals surface area contributed by atoms with E-state index in [0.717, 1.165) is 31.0 Å². The van der Waals surface area contributed by atoms with Crippen LogP contribution < -0.4 is 0 Å². The van der Waals surface area contributed by atoms with Crippen molar-refractivity contribution in [3.8, 4) is 0 Å². The van der Waals surface area contributed by atoms with Crippen molar-refractivity contribution in [1.82, 2.24) is 4.90 Å². The number of nitrogens with zero attached hydrogens (tertiary/aromatic N) is 1. The lowest BCUT2D eigenvalue weighted by Gasteiger charge is -2.32. The van der Waals surface area contributed by atoms with Gasteiger partial charge in [0, 0.05) is 37.7 Å². The molecule has 0 saturated carbocycles. The highest BCUT2D eigenvalue weighted by Gasteiger charge is 2.18. The smallest absolute Gasteiger partial charge is 0.0469 e. The molecule has 14 heavy (non-hydrogen) atoms. The van der Waals surface area contributed by atoms with Crippen molar-refractivity contribution in [2.24, 2.45) is 5.92 Å². The average molecular weight is 264 g/mol. The molecule has 3 heteroatoms. The van der Waals surface area contributed by atoms with Crippen LogP contribution in [0.2, 0.25) is 0 Å². The van der Waals surface area contributed by atoms with Crippen molar-refractivity contribution in [3.63, 3.8) is 0 Å². The van der Waals surface area contributed by atoms with Crippen molar-refractivity contribution in [2.75, 3.05) is 31.6 Å². The number of alkyl halides is 1. The van der Waals surface area contributed by atoms with Gasteiger partial charge < -0.3 is 4.74 Å². The summed E-state index contributed by atoms with van der Waals surface area (Å²) in [5.74, 6) is 0.852. The molecule has 0 atom stereocenters. The van der Waals surface area contributed by atoms with E-state index < -0.39 is 0 Å². The highest BCUT2D eigenvalue weighted by Crippen LogP contribution is 2.17. The zero-order valence-corrected chi connectivity index (χ0v) is 10.9. The Balaban J connectivity index is 2.29. The van der Waals surface area contributed by atoms with Crippen molar-refractivity contribution in [1.29, 1.82) is 0 Å². The molecule has 0 amide bonds. The lowest BCUT2D eigenvalue weighted by molar-refractivity contribution is 0.0490. The fraction of sp³-hybridized carbons (Fsp3) is 1.00. The molecule has 1 saturated heterocycles. The first-order valence-corrected chi connectivity index (χ1v) is 6.74. The Bertz CT molecular complexity index is 146. The topological polar surface area (TPSA) is 12.5 Å². The van der Waals surface area contributed by atoms with Crippen LogP contribution >= 0.6 is 15.9 Å². The minimum absolute atomic E-state index is 0.662. The van der Waals surface area contributed by atoms with Gasteiger partial charge in [0.05, 0.1) is 0 Å². The minimum atomic E-state index is 0.662. The van der Waals surface area contributed by atoms with E-state index in [1.165, 1.54) is 19.4 Å². The van der Waals surface area contributed by atoms with Crippen molar-refractivity contribution >= 4 is 15.9 Å². The molecule has 0 radical (unpaired) electrons. The summed E-state index contributed by atoms with van der Waals surface area (Å²) in [5, 5.41) is 1.08. The maximum atomic E-state index is 5.37. The first kappa shape index (κ1) is 12.5. The van der Waals surface area contributed by atoms with Crippen molar-refractivity contribution in [3.05, 3.63) is 0 Å². The molecule has 1 heterocycles. The lowest BCUT2D eigenvalue weighted by Crippen LogP contribution is -2.38. The third-order valence-corrected chi connectivity index (χ3v) is 3.29. The average Bonchev–Trinajstić information content (AvgIpc) is 2.18. The predicted molar refractivity (Wildman–Crippen MR) is 64.0 cm³/mol. The Labute approximate surface area is 96.1 Å². The Kier molecular flexibility index (Phi) is 6.06. The second-order valence-electron chi connectivity index (χ2n) is 4.33. The van der Waals surface area contributed by atoms with Gasteiger partial charge in [0.25, 0.3) is 0 Å². The van der Waals surface area contributed by atoms with Gasteiger partial charge in [-0.25, -0.2) is 0 Å². The molecular formula is C11H22BrNO. The second kappa shape index (κ2) is 6.81. The largest absolute Gasteiger partial charge is 0.381 e. The standard InChI is InChI=1S/C11H22BrNO/c1-10(2)13(6-5-12)9-11-3-7-14-8-4-11/h10-11H,3-9H2,1-2H3. The quantitative estimate of drug-likeness (QED) is 0.707. The first-order chi connectivity index (χ1) is 6.74. The minimum Gasteiger partial charge on any atom is -0.381 e. The summed E-state index contributed by atoms with van der Waals surface area (Å²) in [7, 11) is 0. The summed E-state index contributed by atoms with van der Waals surface area (Å²) in [6, 6.07) is 0.662. The molecule has 0 spiro atoms. The lowest BCUT2D eigenvalue weighted by atomic mass is 9.99. The van der Waals surface area contributed by atoms with Crippen LogP contribution in [0.15, 0.2) is 0 Å². The summed E-state index contributed by atoms with van der Waals surface area (Å²) in [5.41, 5.74) is 0. The predicted octanol–water partition coefficient (Wildman–Crippen LogP) is 2.52. The number of hydrogen-bond donors (Lipinski definition) is 0. The van der Waals surface area contributed by atoms with Crippen LogP contribution in [0, 0.1) is 5.92 Å². The van der Waals surface area contributed by atoms with Crippen LogP contribution in [0.5, 0.6) is 0 Å². The van der Waals surface area contributed by atoms with Gasteiger partial charge in [-0.1, -0.05) is 15.9 Å². The maximum Gasteiger partial charge on any atom is 0.0469 e. The molecule has 0 unspecified atom stereocenters. The summed E-state index contributed by atoms with van der Waals surface area (Å²) >= 11 is 3.52. The normalized spacial score (nSPS) is 19.5. The summed E-state index contributed by atoms with van der Waals surface area (Å²) in [6.45, 7) is 8.89. The monoisotopic (exact) mass is 263 g/mol. The molecule has 0 aliphatic carbocycles. The van der Waals surface area contributed by atoms with Gasteiger partial charge in [0.2, 0.25) is 0 Å². The Morgan fingerprint density at radius 1 is 1.36 bits per heavy atom. The van der Waals surface area contributed by atoms with E-state index in [2.05, 4.69) is 34.7 Å². The van der Waals surface area contributed by atoms with E-state index in [-0.39, 0.29) is 0 Å². The summed E-state index contributed by atoms with van der Waals surface area (Å²) in [6.07, 6.45) is 2.48. The Morgan fingerprint density at radius 2 is 2.00 bits per heavy atom. The van der Waals surface area contributed by atoms with E-state index in [9.17, 15) is 0 Å². The van der Waals surface area contributed by atoms with Gasteiger partial charge in [0.15, 0.2) is 0 Å². The molecule has 1 rings (SSSR count). The maximum absolute atomic E-state index is 5.37. The molecule has 0 aromatic carbocycles. The molecule has 1 fully saturated rings. The second-order valence-corrected chi connectivity index (χ2v) is 5.13. The first-order valence-electron chi connectivity index (χ1n) is 5.61. The van der Waals surface area contributed by atoms with Crippen LogP contribution in [0.3, 0.4) is 0 Å². The SMILES string of the molecule is CC(C)N(CCBr)CC1CCOCC1. The van der Waals surface area contributed by atoms with Gasteiger partial charge in [-0.2, -0.15) is 0 Å². The van der Waals surface area contributed by atoms with Gasteiger partial charge in [-0.3, -0.25) is 4.90 Å². The molecule has 2 nitrogen and oxygen atoms in total. The zero-order chi connectivity index (χ0) is 10.4. The fourth-order valence-corrected chi connectivity index (χ4v) is 2.38. The van der Waals surface area contributed by atoms with E-state index in [4.69, 9.17) is 4.74 Å². The van der Waals surface area contributed by atoms with Crippen LogP contribution in [0.4, 0.5) is 0 Å². The third-order valence-electron chi connectivity index (χ3n) is 2.94. The van der Waals surface area contributed by atoms with E-state index in [1.54, 1.807) is 0 Å². The Hall–Kier alpha value is 0.400. The van der Waals surface area contributed by atoms with E-state index >= 15 is 0 Å². The summed E-state index contributed by atoms with van der Waals surface area (Å²) in [4.78, 5) is 2.56. The molecular weight excluding hydrogens is 242 g/mol. The van der Waals surface area contributed by atoms with Crippen LogP contribution in [-0.2, 0) is 4.74 Å².